The summed E-state index contributed by atoms with van der Waals surface area (Å²) in [5, 5.41) is 6.24. The number of aryl methyl sites for hydroxylation is 1. The average molecular weight is 189 g/mol. The third-order valence-electron chi connectivity index (χ3n) is 1.08. The number of aromatic nitrogens is 3. The number of hydrogen-bond donors (Lipinski definition) is 0. The van der Waals surface area contributed by atoms with Gasteiger partial charge in [-0.25, -0.2) is 0 Å². The first-order valence-electron chi connectivity index (χ1n) is 2.56. The van der Waals surface area contributed by atoms with Crippen LogP contribution in [0.25, 0.3) is 0 Å². The smallest absolute Gasteiger partial charge is 0.444 e. The molecule has 0 aliphatic heterocycles. The molecule has 0 aromatic carbocycles. The molecule has 3 nitrogen and oxygen atoms in total. The summed E-state index contributed by atoms with van der Waals surface area (Å²) in [5.74, 6) is 0. The predicted octanol–water partition coefficient (Wildman–Crippen LogP) is -3.13. The van der Waals surface area contributed by atoms with Crippen LogP contribution in [-0.2, 0) is 7.05 Å². The summed E-state index contributed by atoms with van der Waals surface area (Å²) in [7, 11) is 1.21. The van der Waals surface area contributed by atoms with Gasteiger partial charge in [-0.3, -0.25) is 4.68 Å². The van der Waals surface area contributed by atoms with Crippen molar-refractivity contribution in [1.82, 2.24) is 15.0 Å². The molecule has 0 radical (unpaired) electrons. The van der Waals surface area contributed by atoms with Crippen molar-refractivity contribution in [1.29, 1.82) is 0 Å². The Kier molecular flexibility index (Phi) is 4.27. The van der Waals surface area contributed by atoms with Gasteiger partial charge in [0.05, 0.1) is 0 Å². The second-order valence-electron chi connectivity index (χ2n) is 1.86. The minimum absolute atomic E-state index is 0. The zero-order valence-corrected chi connectivity index (χ0v) is 9.25. The molecule has 0 amide bonds. The fourth-order valence-electron chi connectivity index (χ4n) is 0.594. The molecular weight excluding hydrogens is 185 g/mol. The van der Waals surface area contributed by atoms with Gasteiger partial charge in [0.25, 0.3) is 0 Å². The van der Waals surface area contributed by atoms with Gasteiger partial charge >= 0.3 is 58.4 Å². The molecular formula is C3H4BF3KN3. The van der Waals surface area contributed by atoms with E-state index in [1.54, 1.807) is 0 Å². The zero-order chi connectivity index (χ0) is 7.78. The molecule has 1 aromatic heterocycles. The van der Waals surface area contributed by atoms with Crippen molar-refractivity contribution < 1.29 is 64.3 Å². The standard InChI is InChI=1S/C3H4BF3N3.K/c1-10-3(2-8-9-10)4(5,6)7;/h2H,1H3;/q-1;+1. The van der Waals surface area contributed by atoms with Crippen LogP contribution in [0.5, 0.6) is 0 Å². The van der Waals surface area contributed by atoms with Crippen molar-refractivity contribution in [3.05, 3.63) is 6.20 Å². The number of halogens is 3. The topological polar surface area (TPSA) is 30.7 Å². The average Bonchev–Trinajstić information content (AvgIpc) is 2.11. The molecule has 0 aliphatic rings. The van der Waals surface area contributed by atoms with Crippen LogP contribution >= 0.6 is 0 Å². The summed E-state index contributed by atoms with van der Waals surface area (Å²) >= 11 is 0. The van der Waals surface area contributed by atoms with Gasteiger partial charge in [-0.15, -0.1) is 5.10 Å². The van der Waals surface area contributed by atoms with Gasteiger partial charge in [-0.05, 0) is 0 Å². The van der Waals surface area contributed by atoms with Crippen molar-refractivity contribution in [2.45, 2.75) is 0 Å². The van der Waals surface area contributed by atoms with Crippen LogP contribution in [0.2, 0.25) is 0 Å². The van der Waals surface area contributed by atoms with Crippen LogP contribution < -0.4 is 57.0 Å². The third-order valence-corrected chi connectivity index (χ3v) is 1.08. The molecule has 0 N–H and O–H groups in total. The van der Waals surface area contributed by atoms with Gasteiger partial charge in [-0.2, -0.15) is 0 Å². The van der Waals surface area contributed by atoms with E-state index >= 15 is 0 Å². The maximum Gasteiger partial charge on any atom is 1.00 e. The molecule has 0 bridgehead atoms. The van der Waals surface area contributed by atoms with E-state index in [-0.39, 0.29) is 51.4 Å². The normalized spacial score (nSPS) is 10.9. The zero-order valence-electron chi connectivity index (χ0n) is 6.13. The molecule has 0 aliphatic carbocycles. The van der Waals surface area contributed by atoms with E-state index in [1.165, 1.54) is 7.05 Å². The van der Waals surface area contributed by atoms with E-state index in [2.05, 4.69) is 10.3 Å². The van der Waals surface area contributed by atoms with Crippen LogP contribution in [0.3, 0.4) is 0 Å². The first-order chi connectivity index (χ1) is 4.52. The Hall–Kier alpha value is 0.631. The predicted molar refractivity (Wildman–Crippen MR) is 29.7 cm³/mol. The summed E-state index contributed by atoms with van der Waals surface area (Å²) in [6.45, 7) is -4.95. The van der Waals surface area contributed by atoms with Crippen LogP contribution in [0.1, 0.15) is 0 Å². The van der Waals surface area contributed by atoms with Gasteiger partial charge in [0.15, 0.2) is 0 Å². The van der Waals surface area contributed by atoms with Crippen LogP contribution in [-0.4, -0.2) is 22.0 Å². The van der Waals surface area contributed by atoms with E-state index < -0.39 is 12.6 Å². The van der Waals surface area contributed by atoms with Crippen LogP contribution in [0, 0.1) is 0 Å². The molecule has 0 fully saturated rings. The molecule has 0 unspecified atom stereocenters. The van der Waals surface area contributed by atoms with Gasteiger partial charge in [0.1, 0.15) is 0 Å². The monoisotopic (exact) mass is 189 g/mol. The summed E-state index contributed by atoms with van der Waals surface area (Å²) < 4.78 is 36.2. The van der Waals surface area contributed by atoms with Crippen molar-refractivity contribution >= 4 is 12.6 Å². The molecule has 1 aromatic rings. The van der Waals surface area contributed by atoms with Crippen LogP contribution in [0.4, 0.5) is 12.9 Å². The summed E-state index contributed by atoms with van der Waals surface area (Å²) in [6.07, 6.45) is 0.708. The van der Waals surface area contributed by atoms with Crippen LogP contribution in [0.15, 0.2) is 6.20 Å². The Bertz CT molecular complexity index is 234. The quantitative estimate of drug-likeness (QED) is 0.437. The molecule has 56 valence electrons. The Morgan fingerprint density at radius 3 is 2.18 bits per heavy atom. The summed E-state index contributed by atoms with van der Waals surface area (Å²) in [5.41, 5.74) is -0.778. The number of hydrogen-bond acceptors (Lipinski definition) is 2. The Morgan fingerprint density at radius 2 is 2.00 bits per heavy atom. The Morgan fingerprint density at radius 1 is 1.45 bits per heavy atom. The van der Waals surface area contributed by atoms with E-state index in [0.717, 1.165) is 0 Å². The van der Waals surface area contributed by atoms with Crippen molar-refractivity contribution in [2.24, 2.45) is 7.05 Å². The minimum atomic E-state index is -4.95. The SMILES string of the molecule is Cn1nncc1[B-](F)(F)F.[K+]. The molecule has 11 heavy (non-hydrogen) atoms. The number of nitrogens with zero attached hydrogens (tertiary/aromatic N) is 3. The van der Waals surface area contributed by atoms with Gasteiger partial charge in [-0.1, -0.05) is 5.21 Å². The molecule has 8 heteroatoms. The molecule has 0 spiro atoms. The Labute approximate surface area is 104 Å². The van der Waals surface area contributed by atoms with E-state index in [4.69, 9.17) is 0 Å². The second-order valence-corrected chi connectivity index (χ2v) is 1.86. The second kappa shape index (κ2) is 4.04. The number of rotatable bonds is 1. The van der Waals surface area contributed by atoms with Crippen molar-refractivity contribution in [2.75, 3.05) is 0 Å². The Balaban J connectivity index is 0.000001000. The maximum atomic E-state index is 11.8. The van der Waals surface area contributed by atoms with Gasteiger partial charge in [0, 0.05) is 18.8 Å². The van der Waals surface area contributed by atoms with Crippen molar-refractivity contribution in [3.63, 3.8) is 0 Å². The summed E-state index contributed by atoms with van der Waals surface area (Å²) in [6, 6.07) is 0. The largest absolute Gasteiger partial charge is 1.00 e. The van der Waals surface area contributed by atoms with Gasteiger partial charge in [0.2, 0.25) is 0 Å². The van der Waals surface area contributed by atoms with Gasteiger partial charge < -0.3 is 12.9 Å². The van der Waals surface area contributed by atoms with E-state index in [0.29, 0.717) is 10.9 Å². The molecule has 0 saturated carbocycles. The van der Waals surface area contributed by atoms with Crippen molar-refractivity contribution in [3.8, 4) is 0 Å². The minimum Gasteiger partial charge on any atom is -0.444 e. The molecule has 0 atom stereocenters. The summed E-state index contributed by atoms with van der Waals surface area (Å²) in [4.78, 5) is 0. The first-order valence-corrected chi connectivity index (χ1v) is 2.56. The molecule has 1 rings (SSSR count). The van der Waals surface area contributed by atoms with E-state index in [9.17, 15) is 12.9 Å². The fourth-order valence-corrected chi connectivity index (χ4v) is 0.594. The maximum absolute atomic E-state index is 11.8. The first kappa shape index (κ1) is 11.6. The fraction of sp³-hybridized carbons (Fsp3) is 0.333. The molecule has 0 saturated heterocycles. The van der Waals surface area contributed by atoms with E-state index in [1.807, 2.05) is 0 Å². The third kappa shape index (κ3) is 2.86. The molecule has 1 heterocycles.